The molecule has 2 heterocycles. The van der Waals surface area contributed by atoms with Crippen LogP contribution in [-0.4, -0.2) is 47.0 Å². The number of piperazine rings is 1. The zero-order valence-corrected chi connectivity index (χ0v) is 13.8. The minimum Gasteiger partial charge on any atom is -0.439 e. The molecule has 2 aromatic rings. The van der Waals surface area contributed by atoms with Crippen LogP contribution in [0.2, 0.25) is 0 Å². The summed E-state index contributed by atoms with van der Waals surface area (Å²) in [6.07, 6.45) is 1.86. The molecular formula is C17H18F2N4O2. The molecule has 1 aromatic heterocycles. The van der Waals surface area contributed by atoms with E-state index in [4.69, 9.17) is 4.74 Å². The van der Waals surface area contributed by atoms with Gasteiger partial charge in [0, 0.05) is 44.7 Å². The lowest BCUT2D eigenvalue weighted by Crippen LogP contribution is -2.48. The van der Waals surface area contributed by atoms with Crippen molar-refractivity contribution in [2.24, 2.45) is 0 Å². The third-order valence-corrected chi connectivity index (χ3v) is 4.00. The third-order valence-electron chi connectivity index (χ3n) is 4.00. The molecule has 1 aliphatic rings. The number of ether oxygens (including phenoxy) is 1. The summed E-state index contributed by atoms with van der Waals surface area (Å²) in [5.74, 6) is -0.718. The van der Waals surface area contributed by atoms with Crippen molar-refractivity contribution < 1.29 is 18.3 Å². The number of hydrogen-bond donors (Lipinski definition) is 0. The molecule has 0 radical (unpaired) electrons. The SMILES string of the molecule is CCC(=O)N1CCN(c2cc(Oc3ccc(F)c(F)c3)ncn2)CC1. The van der Waals surface area contributed by atoms with Gasteiger partial charge >= 0.3 is 0 Å². The van der Waals surface area contributed by atoms with E-state index in [0.717, 1.165) is 12.1 Å². The highest BCUT2D eigenvalue weighted by atomic mass is 19.2. The molecule has 0 N–H and O–H groups in total. The van der Waals surface area contributed by atoms with Crippen LogP contribution in [-0.2, 0) is 4.79 Å². The number of carbonyl (C=O) groups is 1. The summed E-state index contributed by atoms with van der Waals surface area (Å²) < 4.78 is 31.7. The van der Waals surface area contributed by atoms with Crippen LogP contribution in [0.25, 0.3) is 0 Å². The van der Waals surface area contributed by atoms with Crippen LogP contribution in [0.1, 0.15) is 13.3 Å². The monoisotopic (exact) mass is 348 g/mol. The van der Waals surface area contributed by atoms with Gasteiger partial charge in [-0.1, -0.05) is 6.92 Å². The highest BCUT2D eigenvalue weighted by Gasteiger charge is 2.21. The first-order valence-electron chi connectivity index (χ1n) is 8.04. The molecule has 6 nitrogen and oxygen atoms in total. The maximum absolute atomic E-state index is 13.3. The number of amides is 1. The van der Waals surface area contributed by atoms with Crippen LogP contribution in [0.15, 0.2) is 30.6 Å². The van der Waals surface area contributed by atoms with Gasteiger partial charge in [-0.3, -0.25) is 4.79 Å². The molecule has 0 saturated carbocycles. The Morgan fingerprint density at radius 2 is 1.88 bits per heavy atom. The molecule has 1 aromatic carbocycles. The lowest BCUT2D eigenvalue weighted by atomic mass is 10.3. The second kappa shape index (κ2) is 7.42. The lowest BCUT2D eigenvalue weighted by Gasteiger charge is -2.35. The number of rotatable bonds is 4. The van der Waals surface area contributed by atoms with Crippen LogP contribution >= 0.6 is 0 Å². The van der Waals surface area contributed by atoms with Gasteiger partial charge in [-0.25, -0.2) is 18.7 Å². The smallest absolute Gasteiger partial charge is 0.224 e. The standard InChI is InChI=1S/C17H18F2N4O2/c1-2-17(24)23-7-5-22(6-8-23)15-10-16(21-11-20-15)25-12-3-4-13(18)14(19)9-12/h3-4,9-11H,2,5-8H2,1H3. The van der Waals surface area contributed by atoms with E-state index in [1.165, 1.54) is 12.4 Å². The average molecular weight is 348 g/mol. The molecule has 1 fully saturated rings. The molecule has 0 aliphatic carbocycles. The number of aromatic nitrogens is 2. The van der Waals surface area contributed by atoms with E-state index in [2.05, 4.69) is 9.97 Å². The van der Waals surface area contributed by atoms with Crippen LogP contribution in [0.4, 0.5) is 14.6 Å². The molecule has 1 amide bonds. The van der Waals surface area contributed by atoms with Crippen LogP contribution in [0, 0.1) is 11.6 Å². The number of anilines is 1. The van der Waals surface area contributed by atoms with Crippen molar-refractivity contribution in [3.8, 4) is 11.6 Å². The topological polar surface area (TPSA) is 58.6 Å². The summed E-state index contributed by atoms with van der Waals surface area (Å²) in [7, 11) is 0. The van der Waals surface area contributed by atoms with Gasteiger partial charge in [0.15, 0.2) is 11.6 Å². The van der Waals surface area contributed by atoms with Gasteiger partial charge in [0.1, 0.15) is 17.9 Å². The largest absolute Gasteiger partial charge is 0.439 e. The summed E-state index contributed by atoms with van der Waals surface area (Å²) in [4.78, 5) is 23.8. The van der Waals surface area contributed by atoms with Crippen LogP contribution < -0.4 is 9.64 Å². The van der Waals surface area contributed by atoms with E-state index in [9.17, 15) is 13.6 Å². The zero-order valence-electron chi connectivity index (χ0n) is 13.8. The average Bonchev–Trinajstić information content (AvgIpc) is 2.64. The Bertz CT molecular complexity index is 764. The Hall–Kier alpha value is -2.77. The van der Waals surface area contributed by atoms with Crippen molar-refractivity contribution in [1.29, 1.82) is 0 Å². The molecule has 1 saturated heterocycles. The lowest BCUT2D eigenvalue weighted by molar-refractivity contribution is -0.131. The molecule has 1 aliphatic heterocycles. The number of benzene rings is 1. The summed E-state index contributed by atoms with van der Waals surface area (Å²) in [6, 6.07) is 4.93. The minimum absolute atomic E-state index is 0.143. The van der Waals surface area contributed by atoms with Gasteiger partial charge in [0.2, 0.25) is 11.8 Å². The fraction of sp³-hybridized carbons (Fsp3) is 0.353. The van der Waals surface area contributed by atoms with Gasteiger partial charge in [0.05, 0.1) is 0 Å². The molecule has 132 valence electrons. The summed E-state index contributed by atoms with van der Waals surface area (Å²) in [5.41, 5.74) is 0. The maximum Gasteiger partial charge on any atom is 0.224 e. The fourth-order valence-corrected chi connectivity index (χ4v) is 2.63. The summed E-state index contributed by atoms with van der Waals surface area (Å²) in [5, 5.41) is 0. The first kappa shape index (κ1) is 17.1. The number of halogens is 2. The van der Waals surface area contributed by atoms with Crippen LogP contribution in [0.5, 0.6) is 11.6 Å². The Kier molecular flexibility index (Phi) is 5.06. The molecule has 0 spiro atoms. The molecule has 8 heteroatoms. The Labute approximate surface area is 144 Å². The highest BCUT2D eigenvalue weighted by molar-refractivity contribution is 5.76. The Morgan fingerprint density at radius 3 is 2.56 bits per heavy atom. The van der Waals surface area contributed by atoms with Gasteiger partial charge in [-0.15, -0.1) is 0 Å². The van der Waals surface area contributed by atoms with Crippen molar-refractivity contribution in [1.82, 2.24) is 14.9 Å². The van der Waals surface area contributed by atoms with Crippen molar-refractivity contribution in [2.45, 2.75) is 13.3 Å². The number of carbonyl (C=O) groups excluding carboxylic acids is 1. The number of hydrogen-bond acceptors (Lipinski definition) is 5. The van der Waals surface area contributed by atoms with Crippen LogP contribution in [0.3, 0.4) is 0 Å². The van der Waals surface area contributed by atoms with Crippen molar-refractivity contribution in [2.75, 3.05) is 31.1 Å². The van der Waals surface area contributed by atoms with Gasteiger partial charge < -0.3 is 14.5 Å². The summed E-state index contributed by atoms with van der Waals surface area (Å²) in [6.45, 7) is 4.44. The Balaban J connectivity index is 1.67. The quantitative estimate of drug-likeness (QED) is 0.850. The van der Waals surface area contributed by atoms with Crippen molar-refractivity contribution in [3.63, 3.8) is 0 Å². The third kappa shape index (κ3) is 4.01. The second-order valence-electron chi connectivity index (χ2n) is 5.61. The minimum atomic E-state index is -0.983. The van der Waals surface area contributed by atoms with Gasteiger partial charge in [-0.05, 0) is 12.1 Å². The fourth-order valence-electron chi connectivity index (χ4n) is 2.63. The van der Waals surface area contributed by atoms with E-state index < -0.39 is 11.6 Å². The van der Waals surface area contributed by atoms with Crippen molar-refractivity contribution in [3.05, 3.63) is 42.2 Å². The predicted octanol–water partition coefficient (Wildman–Crippen LogP) is 2.61. The first-order valence-corrected chi connectivity index (χ1v) is 8.04. The zero-order chi connectivity index (χ0) is 17.8. The predicted molar refractivity (Wildman–Crippen MR) is 87.5 cm³/mol. The number of nitrogens with zero attached hydrogens (tertiary/aromatic N) is 4. The highest BCUT2D eigenvalue weighted by Crippen LogP contribution is 2.24. The molecular weight excluding hydrogens is 330 g/mol. The van der Waals surface area contributed by atoms with E-state index in [0.29, 0.717) is 38.4 Å². The first-order chi connectivity index (χ1) is 12.1. The van der Waals surface area contributed by atoms with Gasteiger partial charge in [-0.2, -0.15) is 0 Å². The maximum atomic E-state index is 13.3. The second-order valence-corrected chi connectivity index (χ2v) is 5.61. The van der Waals surface area contributed by atoms with E-state index in [1.54, 1.807) is 6.07 Å². The normalized spacial score (nSPS) is 14.5. The Morgan fingerprint density at radius 1 is 1.12 bits per heavy atom. The molecule has 0 unspecified atom stereocenters. The summed E-state index contributed by atoms with van der Waals surface area (Å²) >= 11 is 0. The molecule has 0 bridgehead atoms. The molecule has 25 heavy (non-hydrogen) atoms. The van der Waals surface area contributed by atoms with Crippen molar-refractivity contribution >= 4 is 11.7 Å². The van der Waals surface area contributed by atoms with E-state index in [1.807, 2.05) is 16.7 Å². The molecule has 0 atom stereocenters. The molecule has 3 rings (SSSR count). The van der Waals surface area contributed by atoms with E-state index in [-0.39, 0.29) is 17.5 Å². The van der Waals surface area contributed by atoms with E-state index >= 15 is 0 Å². The van der Waals surface area contributed by atoms with Gasteiger partial charge in [0.25, 0.3) is 0 Å².